The SMILES string of the molecule is CC(=O)Nc1ccc(NC(=O)c2cn3ncc(C#N)c(Nc4ccc(Oc5ccccc5)cc4)c3c2C)cc1. The molecule has 0 spiro atoms. The summed E-state index contributed by atoms with van der Waals surface area (Å²) in [6.07, 6.45) is 3.10. The van der Waals surface area contributed by atoms with E-state index < -0.39 is 0 Å². The van der Waals surface area contributed by atoms with Gasteiger partial charge in [0.25, 0.3) is 5.91 Å². The van der Waals surface area contributed by atoms with Crippen LogP contribution in [0.3, 0.4) is 0 Å². The lowest BCUT2D eigenvalue weighted by Gasteiger charge is -2.12. The van der Waals surface area contributed by atoms with Crippen LogP contribution in [-0.4, -0.2) is 21.4 Å². The monoisotopic (exact) mass is 516 g/mol. The van der Waals surface area contributed by atoms with E-state index in [4.69, 9.17) is 4.74 Å². The molecule has 0 bridgehead atoms. The van der Waals surface area contributed by atoms with Gasteiger partial charge in [-0.1, -0.05) is 18.2 Å². The van der Waals surface area contributed by atoms with E-state index in [9.17, 15) is 14.9 Å². The number of carbonyl (C=O) groups excluding carboxylic acids is 2. The van der Waals surface area contributed by atoms with Crippen molar-refractivity contribution in [2.24, 2.45) is 0 Å². The molecule has 3 aromatic carbocycles. The molecule has 5 aromatic rings. The van der Waals surface area contributed by atoms with Crippen LogP contribution in [0.4, 0.5) is 22.7 Å². The van der Waals surface area contributed by atoms with Crippen molar-refractivity contribution in [1.29, 1.82) is 5.26 Å². The van der Waals surface area contributed by atoms with Crippen LogP contribution in [0.5, 0.6) is 11.5 Å². The number of nitrogens with one attached hydrogen (secondary N) is 3. The van der Waals surface area contributed by atoms with Crippen molar-refractivity contribution in [1.82, 2.24) is 9.61 Å². The van der Waals surface area contributed by atoms with Crippen molar-refractivity contribution in [3.8, 4) is 17.6 Å². The number of aryl methyl sites for hydroxylation is 1. The molecule has 0 atom stereocenters. The van der Waals surface area contributed by atoms with Gasteiger partial charge in [0.2, 0.25) is 5.91 Å². The van der Waals surface area contributed by atoms with Gasteiger partial charge in [-0.3, -0.25) is 9.59 Å². The van der Waals surface area contributed by atoms with E-state index in [1.54, 1.807) is 35.0 Å². The zero-order valence-electron chi connectivity index (χ0n) is 21.2. The fraction of sp³-hybridized carbons (Fsp3) is 0.0667. The third kappa shape index (κ3) is 5.55. The lowest BCUT2D eigenvalue weighted by Crippen LogP contribution is -2.12. The van der Waals surface area contributed by atoms with E-state index in [1.807, 2.05) is 61.5 Å². The third-order valence-corrected chi connectivity index (χ3v) is 5.99. The Labute approximate surface area is 224 Å². The van der Waals surface area contributed by atoms with Gasteiger partial charge in [0.05, 0.1) is 28.5 Å². The van der Waals surface area contributed by atoms with E-state index in [0.717, 1.165) is 11.4 Å². The average Bonchev–Trinajstić information content (AvgIpc) is 3.28. The molecule has 0 aliphatic carbocycles. The predicted octanol–water partition coefficient (Wildman–Crippen LogP) is 6.26. The number of aromatic nitrogens is 2. The van der Waals surface area contributed by atoms with Crippen LogP contribution >= 0.6 is 0 Å². The van der Waals surface area contributed by atoms with Crippen LogP contribution in [0.2, 0.25) is 0 Å². The first kappa shape index (κ1) is 25.0. The molecule has 0 saturated carbocycles. The highest BCUT2D eigenvalue weighted by atomic mass is 16.5. The van der Waals surface area contributed by atoms with Gasteiger partial charge in [-0.15, -0.1) is 0 Å². The zero-order valence-corrected chi connectivity index (χ0v) is 21.2. The molecule has 0 fully saturated rings. The number of hydrogen-bond acceptors (Lipinski definition) is 6. The fourth-order valence-corrected chi connectivity index (χ4v) is 4.14. The average molecular weight is 517 g/mol. The van der Waals surface area contributed by atoms with Crippen LogP contribution in [0.1, 0.15) is 28.4 Å². The molecule has 3 N–H and O–H groups in total. The maximum atomic E-state index is 13.2. The summed E-state index contributed by atoms with van der Waals surface area (Å²) in [6, 6.07) is 25.9. The lowest BCUT2D eigenvalue weighted by molar-refractivity contribution is -0.114. The number of para-hydroxylation sites is 1. The van der Waals surface area contributed by atoms with Gasteiger partial charge < -0.3 is 20.7 Å². The standard InChI is InChI=1S/C30H24N6O3/c1-19-27(30(38)35-24-10-8-22(9-11-24)33-20(2)37)18-36-29(19)28(21(16-31)17-32-36)34-23-12-14-26(15-13-23)39-25-6-4-3-5-7-25/h3-15,17-18,34H,1-2H3,(H,33,37)(H,35,38). The molecule has 2 aromatic heterocycles. The Kier molecular flexibility index (Phi) is 6.92. The third-order valence-electron chi connectivity index (χ3n) is 5.99. The minimum Gasteiger partial charge on any atom is -0.457 e. The summed E-state index contributed by atoms with van der Waals surface area (Å²) in [4.78, 5) is 24.4. The molecule has 0 radical (unpaired) electrons. The maximum absolute atomic E-state index is 13.2. The minimum atomic E-state index is -0.322. The van der Waals surface area contributed by atoms with Gasteiger partial charge in [0, 0.05) is 30.2 Å². The van der Waals surface area contributed by atoms with E-state index in [0.29, 0.717) is 45.0 Å². The van der Waals surface area contributed by atoms with Crippen LogP contribution in [-0.2, 0) is 4.79 Å². The molecule has 39 heavy (non-hydrogen) atoms. The van der Waals surface area contributed by atoms with Crippen molar-refractivity contribution < 1.29 is 14.3 Å². The molecule has 0 aliphatic rings. The fourth-order valence-electron chi connectivity index (χ4n) is 4.14. The summed E-state index contributed by atoms with van der Waals surface area (Å²) >= 11 is 0. The summed E-state index contributed by atoms with van der Waals surface area (Å²) < 4.78 is 7.45. The van der Waals surface area contributed by atoms with Crippen molar-refractivity contribution in [2.75, 3.05) is 16.0 Å². The van der Waals surface area contributed by atoms with E-state index in [-0.39, 0.29) is 11.8 Å². The second-order valence-corrected chi connectivity index (χ2v) is 8.78. The number of fused-ring (bicyclic) bond motifs is 1. The lowest BCUT2D eigenvalue weighted by atomic mass is 10.1. The molecular weight excluding hydrogens is 492 g/mol. The Morgan fingerprint density at radius 3 is 2.13 bits per heavy atom. The number of nitriles is 1. The predicted molar refractivity (Wildman–Crippen MR) is 150 cm³/mol. The van der Waals surface area contributed by atoms with Gasteiger partial charge in [-0.05, 0) is 73.2 Å². The number of benzene rings is 3. The Balaban J connectivity index is 1.40. The van der Waals surface area contributed by atoms with Crippen LogP contribution in [0, 0.1) is 18.3 Å². The summed E-state index contributed by atoms with van der Waals surface area (Å²) in [5, 5.41) is 23.0. The first-order valence-electron chi connectivity index (χ1n) is 12.1. The second-order valence-electron chi connectivity index (χ2n) is 8.78. The zero-order chi connectivity index (χ0) is 27.4. The Morgan fingerprint density at radius 2 is 1.49 bits per heavy atom. The number of ether oxygens (including phenoxy) is 1. The highest BCUT2D eigenvalue weighted by Gasteiger charge is 2.20. The number of rotatable bonds is 7. The Bertz CT molecular complexity index is 1700. The highest BCUT2D eigenvalue weighted by Crippen LogP contribution is 2.31. The smallest absolute Gasteiger partial charge is 0.257 e. The first-order chi connectivity index (χ1) is 18.9. The largest absolute Gasteiger partial charge is 0.457 e. The molecule has 9 heteroatoms. The van der Waals surface area contributed by atoms with Crippen LogP contribution in [0.25, 0.3) is 5.52 Å². The van der Waals surface area contributed by atoms with Gasteiger partial charge in [-0.25, -0.2) is 4.52 Å². The summed E-state index contributed by atoms with van der Waals surface area (Å²) in [5.41, 5.74) is 4.53. The quantitative estimate of drug-likeness (QED) is 0.235. The van der Waals surface area contributed by atoms with Crippen molar-refractivity contribution in [3.05, 3.63) is 108 Å². The number of anilines is 4. The highest BCUT2D eigenvalue weighted by molar-refractivity contribution is 6.07. The molecule has 2 amide bonds. The molecule has 2 heterocycles. The summed E-state index contributed by atoms with van der Waals surface area (Å²) in [7, 11) is 0. The van der Waals surface area contributed by atoms with E-state index in [1.165, 1.54) is 13.1 Å². The number of amides is 2. The number of carbonyl (C=O) groups is 2. The number of hydrogen-bond donors (Lipinski definition) is 3. The number of nitrogens with zero attached hydrogens (tertiary/aromatic N) is 3. The van der Waals surface area contributed by atoms with Crippen molar-refractivity contribution in [3.63, 3.8) is 0 Å². The van der Waals surface area contributed by atoms with Crippen molar-refractivity contribution >= 4 is 40.1 Å². The Hall–Kier alpha value is -5.62. The van der Waals surface area contributed by atoms with E-state index in [2.05, 4.69) is 27.1 Å². The molecule has 5 rings (SSSR count). The van der Waals surface area contributed by atoms with Crippen molar-refractivity contribution in [2.45, 2.75) is 13.8 Å². The topological polar surface area (TPSA) is 121 Å². The second kappa shape index (κ2) is 10.8. The Morgan fingerprint density at radius 1 is 0.872 bits per heavy atom. The van der Waals surface area contributed by atoms with Crippen LogP contribution < -0.4 is 20.7 Å². The van der Waals surface area contributed by atoms with Gasteiger partial charge >= 0.3 is 0 Å². The van der Waals surface area contributed by atoms with Gasteiger partial charge in [-0.2, -0.15) is 10.4 Å². The van der Waals surface area contributed by atoms with Gasteiger partial charge in [0.1, 0.15) is 17.6 Å². The molecule has 0 unspecified atom stereocenters. The van der Waals surface area contributed by atoms with Gasteiger partial charge in [0.15, 0.2) is 0 Å². The molecular formula is C30H24N6O3. The molecule has 0 saturated heterocycles. The summed E-state index contributed by atoms with van der Waals surface area (Å²) in [6.45, 7) is 3.25. The molecule has 0 aliphatic heterocycles. The maximum Gasteiger partial charge on any atom is 0.257 e. The van der Waals surface area contributed by atoms with Crippen LogP contribution in [0.15, 0.2) is 91.3 Å². The molecule has 192 valence electrons. The van der Waals surface area contributed by atoms with E-state index >= 15 is 0 Å². The summed E-state index contributed by atoms with van der Waals surface area (Å²) in [5.74, 6) is 0.916. The minimum absolute atomic E-state index is 0.173. The normalized spacial score (nSPS) is 10.5. The first-order valence-corrected chi connectivity index (χ1v) is 12.1. The molecule has 9 nitrogen and oxygen atoms in total.